The van der Waals surface area contributed by atoms with E-state index in [0.717, 1.165) is 47.5 Å². The third kappa shape index (κ3) is 6.19. The molecule has 1 aliphatic heterocycles. The number of hydrogen-bond acceptors (Lipinski definition) is 6. The summed E-state index contributed by atoms with van der Waals surface area (Å²) in [7, 11) is 0. The summed E-state index contributed by atoms with van der Waals surface area (Å²) in [6, 6.07) is 11.0. The molecule has 0 aliphatic carbocycles. The molecule has 0 radical (unpaired) electrons. The topological polar surface area (TPSA) is 93.6 Å². The number of alkyl halides is 3. The number of anilines is 1. The Hall–Kier alpha value is -3.50. The summed E-state index contributed by atoms with van der Waals surface area (Å²) in [6.07, 6.45) is -2.03. The largest absolute Gasteiger partial charge is 0.475 e. The van der Waals surface area contributed by atoms with E-state index in [1.165, 1.54) is 6.07 Å². The van der Waals surface area contributed by atoms with E-state index < -0.39 is 17.8 Å². The Kier molecular flexibility index (Phi) is 7.85. The number of nitrogens with one attached hydrogen (secondary N) is 1. The van der Waals surface area contributed by atoms with Crippen LogP contribution in [0.5, 0.6) is 5.88 Å². The van der Waals surface area contributed by atoms with Gasteiger partial charge in [-0.25, -0.2) is 4.98 Å². The Morgan fingerprint density at radius 2 is 1.94 bits per heavy atom. The predicted octanol–water partition coefficient (Wildman–Crippen LogP) is 4.99. The summed E-state index contributed by atoms with van der Waals surface area (Å²) in [5.41, 5.74) is 2.55. The minimum atomic E-state index is -4.65. The third-order valence-electron chi connectivity index (χ3n) is 5.92. The quantitative estimate of drug-likeness (QED) is 0.474. The molecule has 1 aromatic carbocycles. The zero-order valence-electron chi connectivity index (χ0n) is 19.6. The molecule has 4 rings (SSSR count). The van der Waals surface area contributed by atoms with Gasteiger partial charge in [-0.15, -0.1) is 0 Å². The van der Waals surface area contributed by atoms with Crippen LogP contribution in [0.25, 0.3) is 11.1 Å². The van der Waals surface area contributed by atoms with Gasteiger partial charge < -0.3 is 19.9 Å². The molecule has 0 bridgehead atoms. The van der Waals surface area contributed by atoms with Crippen LogP contribution in [0.15, 0.2) is 48.7 Å². The lowest BCUT2D eigenvalue weighted by molar-refractivity contribution is -0.141. The molecule has 1 aliphatic rings. The van der Waals surface area contributed by atoms with E-state index in [4.69, 9.17) is 9.47 Å². The first-order chi connectivity index (χ1) is 17.2. The van der Waals surface area contributed by atoms with Gasteiger partial charge in [0.15, 0.2) is 0 Å². The van der Waals surface area contributed by atoms with Crippen LogP contribution in [0.1, 0.15) is 46.1 Å². The van der Waals surface area contributed by atoms with Gasteiger partial charge in [0.05, 0.1) is 6.61 Å². The Labute approximate surface area is 206 Å². The molecule has 190 valence electrons. The Balaban J connectivity index is 1.64. The molecule has 0 unspecified atom stereocenters. The average molecular weight is 502 g/mol. The van der Waals surface area contributed by atoms with Crippen LogP contribution in [0, 0.1) is 6.92 Å². The first kappa shape index (κ1) is 25.6. The summed E-state index contributed by atoms with van der Waals surface area (Å²) in [5.74, 6) is -0.0940. The van der Waals surface area contributed by atoms with Crippen LogP contribution in [0.4, 0.5) is 18.9 Å². The number of aromatic nitrogens is 2. The first-order valence-corrected chi connectivity index (χ1v) is 11.5. The van der Waals surface area contributed by atoms with Gasteiger partial charge in [0.1, 0.15) is 12.3 Å². The van der Waals surface area contributed by atoms with E-state index in [1.807, 2.05) is 19.1 Å². The van der Waals surface area contributed by atoms with Crippen molar-refractivity contribution in [1.82, 2.24) is 9.97 Å². The molecule has 36 heavy (non-hydrogen) atoms. The van der Waals surface area contributed by atoms with Crippen molar-refractivity contribution in [3.8, 4) is 17.0 Å². The number of rotatable bonds is 7. The van der Waals surface area contributed by atoms with Crippen LogP contribution in [0.2, 0.25) is 0 Å². The molecule has 0 atom stereocenters. The van der Waals surface area contributed by atoms with Crippen molar-refractivity contribution in [3.05, 3.63) is 71.2 Å². The van der Waals surface area contributed by atoms with Crippen molar-refractivity contribution in [1.29, 1.82) is 0 Å². The fraction of sp³-hybridized carbons (Fsp3) is 0.346. The molecule has 2 N–H and O–H groups in total. The molecular formula is C26H26F3N3O4. The van der Waals surface area contributed by atoms with Crippen LogP contribution < -0.4 is 10.1 Å². The van der Waals surface area contributed by atoms with Crippen molar-refractivity contribution in [2.45, 2.75) is 31.9 Å². The number of nitrogens with zero attached hydrogens (tertiary/aromatic N) is 2. The first-order valence-electron chi connectivity index (χ1n) is 11.5. The highest BCUT2D eigenvalue weighted by atomic mass is 19.4. The number of halogens is 3. The minimum absolute atomic E-state index is 0.102. The van der Waals surface area contributed by atoms with E-state index in [9.17, 15) is 23.1 Å². The predicted molar refractivity (Wildman–Crippen MR) is 127 cm³/mol. The van der Waals surface area contributed by atoms with Crippen molar-refractivity contribution in [3.63, 3.8) is 0 Å². The van der Waals surface area contributed by atoms with Gasteiger partial charge >= 0.3 is 6.18 Å². The molecule has 1 saturated heterocycles. The number of carbonyl (C=O) groups excluding carboxylic acids is 1. The number of ether oxygens (including phenoxy) is 2. The number of aliphatic hydroxyl groups excluding tert-OH is 1. The zero-order valence-corrected chi connectivity index (χ0v) is 19.6. The lowest BCUT2D eigenvalue weighted by Gasteiger charge is -2.23. The van der Waals surface area contributed by atoms with Gasteiger partial charge in [0.25, 0.3) is 5.91 Å². The van der Waals surface area contributed by atoms with Crippen molar-refractivity contribution in [2.24, 2.45) is 0 Å². The number of aryl methyl sites for hydroxylation is 1. The smallest absolute Gasteiger partial charge is 0.433 e. The standard InChI is InChI=1S/C26H26F3N3O4/c1-16-2-3-20(31-25(34)18-4-7-30-23(13-18)26(27,28)29)15-21(16)19-12-22(17-5-9-35-10-6-17)32-24(14-19)36-11-8-33/h2-4,7,12-15,17,33H,5-6,8-11H2,1H3,(H,31,34). The average Bonchev–Trinajstić information content (AvgIpc) is 2.88. The van der Waals surface area contributed by atoms with Gasteiger partial charge in [0, 0.05) is 48.3 Å². The lowest BCUT2D eigenvalue weighted by atomic mass is 9.92. The van der Waals surface area contributed by atoms with Crippen LogP contribution in [-0.2, 0) is 10.9 Å². The van der Waals surface area contributed by atoms with E-state index in [-0.39, 0.29) is 24.7 Å². The normalized spacial score (nSPS) is 14.5. The third-order valence-corrected chi connectivity index (χ3v) is 5.92. The van der Waals surface area contributed by atoms with Gasteiger partial charge in [-0.3, -0.25) is 9.78 Å². The van der Waals surface area contributed by atoms with Crippen molar-refractivity contribution < 1.29 is 32.5 Å². The van der Waals surface area contributed by atoms with Crippen molar-refractivity contribution in [2.75, 3.05) is 31.7 Å². The zero-order chi connectivity index (χ0) is 25.7. The monoisotopic (exact) mass is 501 g/mol. The lowest BCUT2D eigenvalue weighted by Crippen LogP contribution is -2.16. The number of pyridine rings is 2. The summed E-state index contributed by atoms with van der Waals surface area (Å²) < 4.78 is 50.1. The summed E-state index contributed by atoms with van der Waals surface area (Å²) in [5, 5.41) is 11.8. The second-order valence-electron chi connectivity index (χ2n) is 8.49. The number of aliphatic hydroxyl groups is 1. The second-order valence-corrected chi connectivity index (χ2v) is 8.49. The number of amides is 1. The van der Waals surface area contributed by atoms with Crippen LogP contribution in [0.3, 0.4) is 0 Å². The molecule has 0 spiro atoms. The summed E-state index contributed by atoms with van der Waals surface area (Å²) >= 11 is 0. The van der Waals surface area contributed by atoms with E-state index in [0.29, 0.717) is 24.8 Å². The number of hydrogen-bond donors (Lipinski definition) is 2. The highest BCUT2D eigenvalue weighted by Gasteiger charge is 2.33. The number of carbonyl (C=O) groups is 1. The maximum absolute atomic E-state index is 13.0. The molecular weight excluding hydrogens is 475 g/mol. The molecule has 3 aromatic rings. The fourth-order valence-corrected chi connectivity index (χ4v) is 4.05. The van der Waals surface area contributed by atoms with E-state index in [1.54, 1.807) is 18.2 Å². The molecule has 2 aromatic heterocycles. The molecule has 1 amide bonds. The van der Waals surface area contributed by atoms with Gasteiger partial charge in [-0.2, -0.15) is 13.2 Å². The molecule has 1 fully saturated rings. The molecule has 0 saturated carbocycles. The van der Waals surface area contributed by atoms with Crippen LogP contribution >= 0.6 is 0 Å². The SMILES string of the molecule is Cc1ccc(NC(=O)c2ccnc(C(F)(F)F)c2)cc1-c1cc(OCCO)nc(C2CCOCC2)c1. The summed E-state index contributed by atoms with van der Waals surface area (Å²) in [6.45, 7) is 3.17. The maximum atomic E-state index is 13.0. The summed E-state index contributed by atoms with van der Waals surface area (Å²) in [4.78, 5) is 20.6. The molecule has 10 heteroatoms. The molecule has 7 nitrogen and oxygen atoms in total. The van der Waals surface area contributed by atoms with E-state index >= 15 is 0 Å². The Bertz CT molecular complexity index is 1230. The highest BCUT2D eigenvalue weighted by Crippen LogP contribution is 2.34. The fourth-order valence-electron chi connectivity index (χ4n) is 4.05. The molecule has 3 heterocycles. The van der Waals surface area contributed by atoms with Crippen molar-refractivity contribution >= 4 is 11.6 Å². The maximum Gasteiger partial charge on any atom is 0.433 e. The Morgan fingerprint density at radius 1 is 1.17 bits per heavy atom. The van der Waals surface area contributed by atoms with Gasteiger partial charge in [0.2, 0.25) is 5.88 Å². The minimum Gasteiger partial charge on any atom is -0.475 e. The highest BCUT2D eigenvalue weighted by molar-refractivity contribution is 6.04. The second kappa shape index (κ2) is 11.0. The van der Waals surface area contributed by atoms with Crippen LogP contribution in [-0.4, -0.2) is 47.4 Å². The Morgan fingerprint density at radius 3 is 2.67 bits per heavy atom. The van der Waals surface area contributed by atoms with E-state index in [2.05, 4.69) is 15.3 Å². The number of benzene rings is 1. The van der Waals surface area contributed by atoms with Gasteiger partial charge in [-0.05, 0) is 66.8 Å². The van der Waals surface area contributed by atoms with Gasteiger partial charge in [-0.1, -0.05) is 6.07 Å².